The van der Waals surface area contributed by atoms with Crippen LogP contribution in [0.15, 0.2) is 41.3 Å². The molecule has 0 fully saturated rings. The van der Waals surface area contributed by atoms with E-state index in [0.717, 1.165) is 16.8 Å². The van der Waals surface area contributed by atoms with Gasteiger partial charge in [-0.25, -0.2) is 4.52 Å². The highest BCUT2D eigenvalue weighted by atomic mass is 35.5. The lowest BCUT2D eigenvalue weighted by atomic mass is 10.1. The van der Waals surface area contributed by atoms with Crippen LogP contribution in [0.3, 0.4) is 0 Å². The number of halogens is 1. The van der Waals surface area contributed by atoms with Gasteiger partial charge >= 0.3 is 0 Å². The largest absolute Gasteiger partial charge is 0.314 e. The molecule has 7 heteroatoms. The van der Waals surface area contributed by atoms with Crippen molar-refractivity contribution in [3.05, 3.63) is 57.6 Å². The maximum absolute atomic E-state index is 12.4. The fraction of sp³-hybridized carbons (Fsp3) is 0.176. The Balaban J connectivity index is 2.06. The first kappa shape index (κ1) is 14.8. The Kier molecular flexibility index (Phi) is 3.35. The van der Waals surface area contributed by atoms with Crippen LogP contribution < -0.4 is 5.56 Å². The quantitative estimate of drug-likeness (QED) is 0.563. The molecule has 4 rings (SSSR count). The summed E-state index contributed by atoms with van der Waals surface area (Å²) >= 11 is 5.97. The van der Waals surface area contributed by atoms with E-state index in [9.17, 15) is 4.79 Å². The number of nitrogens with zero attached hydrogens (tertiary/aromatic N) is 5. The van der Waals surface area contributed by atoms with Crippen molar-refractivity contribution < 1.29 is 0 Å². The van der Waals surface area contributed by atoms with E-state index in [2.05, 4.69) is 15.3 Å². The molecule has 0 aliphatic rings. The first-order chi connectivity index (χ1) is 11.6. The first-order valence-electron chi connectivity index (χ1n) is 7.61. The van der Waals surface area contributed by atoms with Crippen LogP contribution >= 0.6 is 11.6 Å². The van der Waals surface area contributed by atoms with Crippen LogP contribution in [0.1, 0.15) is 12.6 Å². The summed E-state index contributed by atoms with van der Waals surface area (Å²) in [5.74, 6) is 0. The van der Waals surface area contributed by atoms with Gasteiger partial charge in [0, 0.05) is 17.8 Å². The summed E-state index contributed by atoms with van der Waals surface area (Å²) in [6, 6.07) is 9.35. The Labute approximate surface area is 142 Å². The van der Waals surface area contributed by atoms with Crippen LogP contribution in [0.4, 0.5) is 0 Å². The zero-order valence-corrected chi connectivity index (χ0v) is 13.9. The first-order valence-corrected chi connectivity index (χ1v) is 7.99. The summed E-state index contributed by atoms with van der Waals surface area (Å²) in [5.41, 5.74) is 4.10. The molecular weight excluding hydrogens is 326 g/mol. The molecule has 4 aromatic rings. The van der Waals surface area contributed by atoms with E-state index in [0.29, 0.717) is 28.2 Å². The predicted octanol–water partition coefficient (Wildman–Crippen LogP) is 3.09. The van der Waals surface area contributed by atoms with E-state index in [4.69, 9.17) is 11.6 Å². The highest BCUT2D eigenvalue weighted by Gasteiger charge is 2.17. The zero-order chi connectivity index (χ0) is 16.8. The van der Waals surface area contributed by atoms with E-state index in [-0.39, 0.29) is 5.56 Å². The Morgan fingerprint density at radius 3 is 2.58 bits per heavy atom. The van der Waals surface area contributed by atoms with E-state index in [1.54, 1.807) is 15.3 Å². The molecule has 0 spiro atoms. The van der Waals surface area contributed by atoms with Gasteiger partial charge in [-0.05, 0) is 37.6 Å². The number of hydrogen-bond acceptors (Lipinski definition) is 4. The average molecular weight is 340 g/mol. The molecule has 24 heavy (non-hydrogen) atoms. The van der Waals surface area contributed by atoms with Crippen molar-refractivity contribution in [2.75, 3.05) is 0 Å². The molecule has 120 valence electrons. The highest BCUT2D eigenvalue weighted by molar-refractivity contribution is 6.30. The van der Waals surface area contributed by atoms with Gasteiger partial charge in [0.15, 0.2) is 11.2 Å². The minimum Gasteiger partial charge on any atom is -0.314 e. The van der Waals surface area contributed by atoms with Gasteiger partial charge in [-0.1, -0.05) is 23.7 Å². The molecule has 0 saturated heterocycles. The lowest BCUT2D eigenvalue weighted by molar-refractivity contribution is 0.729. The number of hydrogen-bond donors (Lipinski definition) is 0. The Hall–Kier alpha value is -2.73. The summed E-state index contributed by atoms with van der Waals surface area (Å²) in [4.78, 5) is 12.4. The number of pyridine rings is 1. The summed E-state index contributed by atoms with van der Waals surface area (Å²) in [7, 11) is 0. The molecule has 3 aromatic heterocycles. The predicted molar refractivity (Wildman–Crippen MR) is 93.4 cm³/mol. The van der Waals surface area contributed by atoms with Crippen molar-refractivity contribution in [3.63, 3.8) is 0 Å². The van der Waals surface area contributed by atoms with Crippen LogP contribution in [-0.4, -0.2) is 24.4 Å². The van der Waals surface area contributed by atoms with Crippen molar-refractivity contribution in [2.45, 2.75) is 20.4 Å². The Morgan fingerprint density at radius 1 is 1.12 bits per heavy atom. The number of rotatable bonds is 2. The van der Waals surface area contributed by atoms with Gasteiger partial charge in [0.05, 0.1) is 11.3 Å². The van der Waals surface area contributed by atoms with Crippen molar-refractivity contribution >= 4 is 28.3 Å². The van der Waals surface area contributed by atoms with Gasteiger partial charge in [-0.3, -0.25) is 4.79 Å². The standard InChI is InChI=1S/C17H14ClN5O/c1-3-22-9-8-13-15(17(22)24)19-20-16-14(10(2)21-23(13)16)11-4-6-12(18)7-5-11/h4-9H,3H2,1-2H3. The molecular formula is C17H14ClN5O. The Bertz CT molecular complexity index is 1130. The van der Waals surface area contributed by atoms with Gasteiger partial charge < -0.3 is 4.57 Å². The van der Waals surface area contributed by atoms with Crippen molar-refractivity contribution in [1.29, 1.82) is 0 Å². The van der Waals surface area contributed by atoms with Gasteiger partial charge in [0.1, 0.15) is 5.52 Å². The van der Waals surface area contributed by atoms with E-state index in [1.807, 2.05) is 44.2 Å². The number of aryl methyl sites for hydroxylation is 2. The second-order valence-electron chi connectivity index (χ2n) is 5.54. The highest BCUT2D eigenvalue weighted by Crippen LogP contribution is 2.28. The molecule has 0 saturated carbocycles. The summed E-state index contributed by atoms with van der Waals surface area (Å²) in [6.45, 7) is 4.41. The second kappa shape index (κ2) is 5.42. The maximum atomic E-state index is 12.4. The maximum Gasteiger partial charge on any atom is 0.280 e. The van der Waals surface area contributed by atoms with Crippen LogP contribution in [-0.2, 0) is 6.54 Å². The van der Waals surface area contributed by atoms with Gasteiger partial charge in [0.2, 0.25) is 0 Å². The van der Waals surface area contributed by atoms with Gasteiger partial charge in [0.25, 0.3) is 5.56 Å². The fourth-order valence-electron chi connectivity index (χ4n) is 2.89. The summed E-state index contributed by atoms with van der Waals surface area (Å²) in [6.07, 6.45) is 1.75. The van der Waals surface area contributed by atoms with Gasteiger partial charge in [-0.2, -0.15) is 5.10 Å². The van der Waals surface area contributed by atoms with E-state index >= 15 is 0 Å². The normalized spacial score (nSPS) is 11.5. The molecule has 0 N–H and O–H groups in total. The van der Waals surface area contributed by atoms with Crippen LogP contribution in [0, 0.1) is 6.92 Å². The van der Waals surface area contributed by atoms with Gasteiger partial charge in [-0.15, -0.1) is 10.2 Å². The van der Waals surface area contributed by atoms with Crippen LogP contribution in [0.5, 0.6) is 0 Å². The smallest absolute Gasteiger partial charge is 0.280 e. The monoisotopic (exact) mass is 339 g/mol. The second-order valence-corrected chi connectivity index (χ2v) is 5.98. The number of benzene rings is 1. The van der Waals surface area contributed by atoms with Crippen LogP contribution in [0.25, 0.3) is 27.8 Å². The number of fused-ring (bicyclic) bond motifs is 3. The molecule has 0 radical (unpaired) electrons. The molecule has 6 nitrogen and oxygen atoms in total. The lowest BCUT2D eigenvalue weighted by Gasteiger charge is -2.04. The SMILES string of the molecule is CCn1ccc2c(nnc3c(-c4ccc(Cl)cc4)c(C)nn32)c1=O. The summed E-state index contributed by atoms with van der Waals surface area (Å²) < 4.78 is 3.28. The molecule has 3 heterocycles. The third-order valence-corrected chi connectivity index (χ3v) is 4.35. The van der Waals surface area contributed by atoms with E-state index in [1.165, 1.54) is 0 Å². The van der Waals surface area contributed by atoms with Crippen molar-refractivity contribution in [1.82, 2.24) is 24.4 Å². The third kappa shape index (κ3) is 2.11. The lowest BCUT2D eigenvalue weighted by Crippen LogP contribution is -2.20. The third-order valence-electron chi connectivity index (χ3n) is 4.10. The fourth-order valence-corrected chi connectivity index (χ4v) is 3.02. The molecule has 1 aromatic carbocycles. The molecule has 0 bridgehead atoms. The van der Waals surface area contributed by atoms with Crippen LogP contribution in [0.2, 0.25) is 5.02 Å². The number of aromatic nitrogens is 5. The van der Waals surface area contributed by atoms with Crippen molar-refractivity contribution in [3.8, 4) is 11.1 Å². The zero-order valence-electron chi connectivity index (χ0n) is 13.2. The topological polar surface area (TPSA) is 65.1 Å². The average Bonchev–Trinajstić information content (AvgIpc) is 2.92. The van der Waals surface area contributed by atoms with E-state index < -0.39 is 0 Å². The van der Waals surface area contributed by atoms with Crippen molar-refractivity contribution in [2.24, 2.45) is 0 Å². The molecule has 0 atom stereocenters. The minimum absolute atomic E-state index is 0.161. The molecule has 0 aliphatic heterocycles. The molecule has 0 unspecified atom stereocenters. The Morgan fingerprint density at radius 2 is 1.88 bits per heavy atom. The minimum atomic E-state index is -0.161. The molecule has 0 amide bonds. The molecule has 0 aliphatic carbocycles. The summed E-state index contributed by atoms with van der Waals surface area (Å²) in [5, 5.41) is 13.7.